The van der Waals surface area contributed by atoms with E-state index < -0.39 is 0 Å². The van der Waals surface area contributed by atoms with Crippen LogP contribution in [0.3, 0.4) is 0 Å². The van der Waals surface area contributed by atoms with Gasteiger partial charge in [0.15, 0.2) is 5.69 Å². The van der Waals surface area contributed by atoms with Crippen molar-refractivity contribution in [2.45, 2.75) is 26.3 Å². The van der Waals surface area contributed by atoms with Gasteiger partial charge in [-0.2, -0.15) is 0 Å². The van der Waals surface area contributed by atoms with E-state index in [1.807, 2.05) is 31.2 Å². The summed E-state index contributed by atoms with van der Waals surface area (Å²) in [5, 5.41) is 10.8. The fourth-order valence-corrected chi connectivity index (χ4v) is 2.48. The Labute approximate surface area is 145 Å². The number of nitrogens with zero attached hydrogens (tertiary/aromatic N) is 3. The van der Waals surface area contributed by atoms with Gasteiger partial charge in [0.05, 0.1) is 17.9 Å². The van der Waals surface area contributed by atoms with Crippen LogP contribution in [-0.4, -0.2) is 20.9 Å². The molecule has 0 unspecified atom stereocenters. The van der Waals surface area contributed by atoms with Gasteiger partial charge in [-0.15, -0.1) is 5.10 Å². The molecule has 1 atom stereocenters. The number of aryl methyl sites for hydroxylation is 1. The lowest BCUT2D eigenvalue weighted by Gasteiger charge is -2.13. The first-order valence-corrected chi connectivity index (χ1v) is 8.15. The molecule has 0 aliphatic heterocycles. The third-order valence-corrected chi connectivity index (χ3v) is 4.05. The first kappa shape index (κ1) is 16.8. The van der Waals surface area contributed by atoms with E-state index in [2.05, 4.69) is 22.6 Å². The topological polar surface area (TPSA) is 59.8 Å². The van der Waals surface area contributed by atoms with E-state index in [0.29, 0.717) is 0 Å². The van der Waals surface area contributed by atoms with Crippen molar-refractivity contribution < 1.29 is 9.18 Å². The minimum Gasteiger partial charge on any atom is -0.344 e. The number of benzene rings is 2. The monoisotopic (exact) mass is 338 g/mol. The Bertz CT molecular complexity index is 856. The van der Waals surface area contributed by atoms with E-state index in [9.17, 15) is 9.18 Å². The molecule has 2 aromatic carbocycles. The van der Waals surface area contributed by atoms with Gasteiger partial charge < -0.3 is 5.32 Å². The predicted molar refractivity (Wildman–Crippen MR) is 93.0 cm³/mol. The highest BCUT2D eigenvalue weighted by molar-refractivity contribution is 5.92. The van der Waals surface area contributed by atoms with Crippen molar-refractivity contribution in [2.24, 2.45) is 0 Å². The number of halogens is 1. The third-order valence-electron chi connectivity index (χ3n) is 4.05. The molecule has 5 nitrogen and oxygen atoms in total. The van der Waals surface area contributed by atoms with Gasteiger partial charge in [-0.1, -0.05) is 36.4 Å². The lowest BCUT2D eigenvalue weighted by molar-refractivity contribution is 0.0934. The number of hydrogen-bond acceptors (Lipinski definition) is 3. The molecule has 128 valence electrons. The molecule has 0 fully saturated rings. The fourth-order valence-electron chi connectivity index (χ4n) is 2.48. The molecule has 3 rings (SSSR count). The maximum absolute atomic E-state index is 13.0. The van der Waals surface area contributed by atoms with Gasteiger partial charge in [0.25, 0.3) is 5.91 Å². The lowest BCUT2D eigenvalue weighted by Crippen LogP contribution is -2.27. The number of amides is 1. The van der Waals surface area contributed by atoms with Crippen LogP contribution < -0.4 is 5.32 Å². The molecule has 1 N–H and O–H groups in total. The van der Waals surface area contributed by atoms with E-state index in [1.54, 1.807) is 23.0 Å². The van der Waals surface area contributed by atoms with Gasteiger partial charge in [0.2, 0.25) is 0 Å². The minimum atomic E-state index is -0.326. The Morgan fingerprint density at radius 1 is 1.16 bits per heavy atom. The quantitative estimate of drug-likeness (QED) is 0.775. The molecule has 1 heterocycles. The Morgan fingerprint density at radius 3 is 2.48 bits per heavy atom. The van der Waals surface area contributed by atoms with Gasteiger partial charge >= 0.3 is 0 Å². The second-order valence-electron chi connectivity index (χ2n) is 5.82. The van der Waals surface area contributed by atoms with Gasteiger partial charge in [-0.3, -0.25) is 4.79 Å². The Balaban J connectivity index is 1.70. The molecule has 6 heteroatoms. The number of rotatable bonds is 5. The summed E-state index contributed by atoms with van der Waals surface area (Å²) < 4.78 is 14.5. The Hall–Kier alpha value is -3.02. The molecule has 0 aliphatic carbocycles. The van der Waals surface area contributed by atoms with Crippen molar-refractivity contribution in [1.29, 1.82) is 0 Å². The summed E-state index contributed by atoms with van der Waals surface area (Å²) in [5.41, 5.74) is 3.12. The number of nitrogens with one attached hydrogen (secondary N) is 1. The molecule has 0 aliphatic rings. The van der Waals surface area contributed by atoms with Crippen LogP contribution in [0.5, 0.6) is 0 Å². The predicted octanol–water partition coefficient (Wildman–Crippen LogP) is 3.46. The molecule has 0 saturated heterocycles. The van der Waals surface area contributed by atoms with Crippen molar-refractivity contribution in [3.05, 3.63) is 77.4 Å². The van der Waals surface area contributed by atoms with Crippen LogP contribution in [-0.2, 0) is 6.42 Å². The van der Waals surface area contributed by atoms with Crippen LogP contribution in [0.25, 0.3) is 5.69 Å². The summed E-state index contributed by atoms with van der Waals surface area (Å²) in [7, 11) is 0. The second kappa shape index (κ2) is 7.25. The number of hydrogen-bond donors (Lipinski definition) is 1. The van der Waals surface area contributed by atoms with E-state index in [0.717, 1.165) is 17.7 Å². The summed E-state index contributed by atoms with van der Waals surface area (Å²) in [6.45, 7) is 3.92. The summed E-state index contributed by atoms with van der Waals surface area (Å²) in [5.74, 6) is -0.632. The average Bonchev–Trinajstić information content (AvgIpc) is 3.12. The summed E-state index contributed by atoms with van der Waals surface area (Å²) in [6, 6.07) is 13.7. The molecule has 0 saturated carbocycles. The Kier molecular flexibility index (Phi) is 4.88. The molecule has 0 spiro atoms. The molecular formula is C19H19FN4O. The normalized spacial score (nSPS) is 12.0. The smallest absolute Gasteiger partial charge is 0.273 e. The third kappa shape index (κ3) is 3.91. The van der Waals surface area contributed by atoms with Crippen molar-refractivity contribution in [1.82, 2.24) is 20.3 Å². The standard InChI is InChI=1S/C19H19FN4O/c1-3-14-4-10-17(11-5-14)24-12-18(22-23-24)19(25)21-13(2)15-6-8-16(20)9-7-15/h4-13H,3H2,1-2H3,(H,21,25)/t13-/m0/s1. The highest BCUT2D eigenvalue weighted by Gasteiger charge is 2.15. The largest absolute Gasteiger partial charge is 0.344 e. The van der Waals surface area contributed by atoms with Gasteiger partial charge in [0, 0.05) is 0 Å². The van der Waals surface area contributed by atoms with E-state index in [-0.39, 0.29) is 23.5 Å². The van der Waals surface area contributed by atoms with Gasteiger partial charge in [-0.25, -0.2) is 9.07 Å². The van der Waals surface area contributed by atoms with Crippen molar-refractivity contribution in [3.63, 3.8) is 0 Å². The number of aromatic nitrogens is 3. The lowest BCUT2D eigenvalue weighted by atomic mass is 10.1. The van der Waals surface area contributed by atoms with Crippen molar-refractivity contribution in [2.75, 3.05) is 0 Å². The van der Waals surface area contributed by atoms with Crippen molar-refractivity contribution >= 4 is 5.91 Å². The Morgan fingerprint density at radius 2 is 1.84 bits per heavy atom. The van der Waals surface area contributed by atoms with Crippen LogP contribution in [0.1, 0.15) is 41.5 Å². The maximum Gasteiger partial charge on any atom is 0.273 e. The molecule has 0 radical (unpaired) electrons. The van der Waals surface area contributed by atoms with Crippen molar-refractivity contribution in [3.8, 4) is 5.69 Å². The highest BCUT2D eigenvalue weighted by atomic mass is 19.1. The first-order valence-electron chi connectivity index (χ1n) is 8.15. The zero-order chi connectivity index (χ0) is 17.8. The van der Waals surface area contributed by atoms with E-state index >= 15 is 0 Å². The fraction of sp³-hybridized carbons (Fsp3) is 0.211. The zero-order valence-electron chi connectivity index (χ0n) is 14.1. The van der Waals surface area contributed by atoms with Crippen LogP contribution in [0.15, 0.2) is 54.7 Å². The molecule has 3 aromatic rings. The highest BCUT2D eigenvalue weighted by Crippen LogP contribution is 2.14. The summed E-state index contributed by atoms with van der Waals surface area (Å²) in [6.07, 6.45) is 2.56. The minimum absolute atomic E-state index is 0.230. The zero-order valence-corrected chi connectivity index (χ0v) is 14.1. The average molecular weight is 338 g/mol. The maximum atomic E-state index is 13.0. The second-order valence-corrected chi connectivity index (χ2v) is 5.82. The van der Waals surface area contributed by atoms with Crippen LogP contribution in [0.2, 0.25) is 0 Å². The van der Waals surface area contributed by atoms with Crippen LogP contribution in [0.4, 0.5) is 4.39 Å². The first-order chi connectivity index (χ1) is 12.1. The number of carbonyl (C=O) groups is 1. The summed E-state index contributed by atoms with van der Waals surface area (Å²) in [4.78, 5) is 12.3. The molecule has 1 amide bonds. The van der Waals surface area contributed by atoms with Crippen LogP contribution in [0, 0.1) is 5.82 Å². The SMILES string of the molecule is CCc1ccc(-n2cc(C(=O)N[C@@H](C)c3ccc(F)cc3)nn2)cc1. The van der Waals surface area contributed by atoms with Gasteiger partial charge in [-0.05, 0) is 48.7 Å². The van der Waals surface area contributed by atoms with Crippen LogP contribution >= 0.6 is 0 Å². The number of carbonyl (C=O) groups excluding carboxylic acids is 1. The van der Waals surface area contributed by atoms with Gasteiger partial charge in [0.1, 0.15) is 5.82 Å². The van der Waals surface area contributed by atoms with E-state index in [1.165, 1.54) is 17.7 Å². The molecular weight excluding hydrogens is 319 g/mol. The molecule has 1 aromatic heterocycles. The van der Waals surface area contributed by atoms with E-state index in [4.69, 9.17) is 0 Å². The molecule has 25 heavy (non-hydrogen) atoms. The summed E-state index contributed by atoms with van der Waals surface area (Å²) >= 11 is 0. The molecule has 0 bridgehead atoms.